The fourth-order valence-electron chi connectivity index (χ4n) is 1.86. The van der Waals surface area contributed by atoms with Crippen LogP contribution >= 0.6 is 0 Å². The van der Waals surface area contributed by atoms with Crippen LogP contribution in [0.4, 0.5) is 8.78 Å². The molecule has 0 aliphatic carbocycles. The van der Waals surface area contributed by atoms with Crippen LogP contribution in [0.5, 0.6) is 0 Å². The van der Waals surface area contributed by atoms with E-state index in [2.05, 4.69) is 5.32 Å². The van der Waals surface area contributed by atoms with Crippen LogP contribution in [-0.2, 0) is 0 Å². The molecule has 5 heteroatoms. The zero-order chi connectivity index (χ0) is 12.3. The van der Waals surface area contributed by atoms with Crippen molar-refractivity contribution in [2.75, 3.05) is 26.2 Å². The minimum absolute atomic E-state index is 0.200. The topological polar surface area (TPSA) is 32.3 Å². The fraction of sp³-hybridized carbons (Fsp3) is 0.417. The third kappa shape index (κ3) is 2.79. The second kappa shape index (κ2) is 5.23. The van der Waals surface area contributed by atoms with E-state index in [4.69, 9.17) is 0 Å². The normalized spacial score (nSPS) is 16.7. The lowest BCUT2D eigenvalue weighted by atomic mass is 10.2. The summed E-state index contributed by atoms with van der Waals surface area (Å²) in [7, 11) is 0. The first-order chi connectivity index (χ1) is 8.18. The summed E-state index contributed by atoms with van der Waals surface area (Å²) in [6.45, 7) is 2.85. The van der Waals surface area contributed by atoms with Crippen LogP contribution in [0.2, 0.25) is 0 Å². The molecule has 92 valence electrons. The van der Waals surface area contributed by atoms with Gasteiger partial charge in [-0.2, -0.15) is 0 Å². The molecule has 0 radical (unpaired) electrons. The minimum atomic E-state index is -0.983. The molecule has 0 spiro atoms. The van der Waals surface area contributed by atoms with E-state index >= 15 is 0 Å². The summed E-state index contributed by atoms with van der Waals surface area (Å²) < 4.78 is 25.8. The van der Waals surface area contributed by atoms with Crippen molar-refractivity contribution in [1.82, 2.24) is 10.2 Å². The van der Waals surface area contributed by atoms with Crippen LogP contribution in [0.25, 0.3) is 0 Å². The van der Waals surface area contributed by atoms with E-state index in [0.29, 0.717) is 13.1 Å². The molecule has 1 fully saturated rings. The molecule has 0 unspecified atom stereocenters. The quantitative estimate of drug-likeness (QED) is 0.804. The second-order valence-electron chi connectivity index (χ2n) is 4.02. The van der Waals surface area contributed by atoms with Crippen molar-refractivity contribution in [2.45, 2.75) is 6.42 Å². The highest BCUT2D eigenvalue weighted by Crippen LogP contribution is 2.11. The molecule has 1 N–H and O–H groups in total. The molecule has 0 aromatic heterocycles. The van der Waals surface area contributed by atoms with Gasteiger partial charge in [0.05, 0.1) is 0 Å². The van der Waals surface area contributed by atoms with Crippen LogP contribution in [0.1, 0.15) is 16.8 Å². The van der Waals surface area contributed by atoms with Gasteiger partial charge < -0.3 is 10.2 Å². The number of nitrogens with zero attached hydrogens (tertiary/aromatic N) is 1. The van der Waals surface area contributed by atoms with Crippen LogP contribution in [0.15, 0.2) is 18.2 Å². The summed E-state index contributed by atoms with van der Waals surface area (Å²) in [5.74, 6) is -2.16. The molecule has 17 heavy (non-hydrogen) atoms. The molecule has 1 heterocycles. The van der Waals surface area contributed by atoms with Crippen LogP contribution < -0.4 is 5.32 Å². The van der Waals surface area contributed by atoms with Crippen molar-refractivity contribution in [3.8, 4) is 0 Å². The smallest absolute Gasteiger partial charge is 0.254 e. The summed E-state index contributed by atoms with van der Waals surface area (Å²) >= 11 is 0. The highest BCUT2D eigenvalue weighted by molar-refractivity contribution is 5.94. The number of carbonyl (C=O) groups is 1. The number of carbonyl (C=O) groups excluding carboxylic acids is 1. The number of nitrogens with one attached hydrogen (secondary N) is 1. The molecular weight excluding hydrogens is 226 g/mol. The molecule has 1 aliphatic heterocycles. The molecule has 0 atom stereocenters. The van der Waals surface area contributed by atoms with E-state index < -0.39 is 11.6 Å². The average Bonchev–Trinajstić information content (AvgIpc) is 2.60. The maximum atomic E-state index is 13.0. The van der Waals surface area contributed by atoms with Gasteiger partial charge in [-0.1, -0.05) is 0 Å². The molecule has 1 aromatic rings. The van der Waals surface area contributed by atoms with Crippen molar-refractivity contribution in [1.29, 1.82) is 0 Å². The standard InChI is InChI=1S/C12H14F2N2O/c13-10-3-2-9(8-11(10)14)12(17)16-6-1-4-15-5-7-16/h2-3,8,15H,1,4-7H2. The Bertz CT molecular complexity index is 415. The zero-order valence-electron chi connectivity index (χ0n) is 9.38. The number of halogens is 2. The molecule has 1 aliphatic rings. The Labute approximate surface area is 98.4 Å². The molecule has 1 amide bonds. The Morgan fingerprint density at radius 1 is 1.18 bits per heavy atom. The molecule has 0 saturated carbocycles. The van der Waals surface area contributed by atoms with Gasteiger partial charge in [0, 0.05) is 25.2 Å². The Kier molecular flexibility index (Phi) is 3.68. The number of hydrogen-bond acceptors (Lipinski definition) is 2. The predicted octanol–water partition coefficient (Wildman–Crippen LogP) is 1.40. The number of amides is 1. The van der Waals surface area contributed by atoms with Gasteiger partial charge in [0.1, 0.15) is 0 Å². The summed E-state index contributed by atoms with van der Waals surface area (Å²) in [5, 5.41) is 3.18. The molecular formula is C12H14F2N2O. The number of hydrogen-bond donors (Lipinski definition) is 1. The van der Waals surface area contributed by atoms with E-state index in [1.807, 2.05) is 0 Å². The van der Waals surface area contributed by atoms with E-state index in [0.717, 1.165) is 31.6 Å². The van der Waals surface area contributed by atoms with Gasteiger partial charge in [0.25, 0.3) is 5.91 Å². The molecule has 2 rings (SSSR count). The summed E-state index contributed by atoms with van der Waals surface area (Å²) in [5.41, 5.74) is 0.200. The van der Waals surface area contributed by atoms with Gasteiger partial charge in [-0.05, 0) is 31.2 Å². The van der Waals surface area contributed by atoms with Crippen molar-refractivity contribution in [3.63, 3.8) is 0 Å². The van der Waals surface area contributed by atoms with Gasteiger partial charge in [0.15, 0.2) is 11.6 Å². The van der Waals surface area contributed by atoms with Gasteiger partial charge in [-0.3, -0.25) is 4.79 Å². The minimum Gasteiger partial charge on any atom is -0.337 e. The van der Waals surface area contributed by atoms with Gasteiger partial charge in [0.2, 0.25) is 0 Å². The fourth-order valence-corrected chi connectivity index (χ4v) is 1.86. The lowest BCUT2D eigenvalue weighted by molar-refractivity contribution is 0.0766. The van der Waals surface area contributed by atoms with Crippen molar-refractivity contribution >= 4 is 5.91 Å². The number of benzene rings is 1. The average molecular weight is 240 g/mol. The van der Waals surface area contributed by atoms with Crippen molar-refractivity contribution in [2.24, 2.45) is 0 Å². The Hall–Kier alpha value is -1.49. The SMILES string of the molecule is O=C(c1ccc(F)c(F)c1)N1CCCNCC1. The third-order valence-corrected chi connectivity index (χ3v) is 2.79. The largest absolute Gasteiger partial charge is 0.337 e. The molecule has 3 nitrogen and oxygen atoms in total. The molecule has 1 aromatic carbocycles. The van der Waals surface area contributed by atoms with Gasteiger partial charge >= 0.3 is 0 Å². The maximum Gasteiger partial charge on any atom is 0.254 e. The summed E-state index contributed by atoms with van der Waals surface area (Å²) in [6, 6.07) is 3.26. The van der Waals surface area contributed by atoms with Crippen LogP contribution in [0.3, 0.4) is 0 Å². The summed E-state index contributed by atoms with van der Waals surface area (Å²) in [4.78, 5) is 13.7. The van der Waals surface area contributed by atoms with Crippen LogP contribution in [0, 0.1) is 11.6 Å². The maximum absolute atomic E-state index is 13.0. The zero-order valence-corrected chi connectivity index (χ0v) is 9.38. The summed E-state index contributed by atoms with van der Waals surface area (Å²) in [6.07, 6.45) is 0.870. The van der Waals surface area contributed by atoms with Crippen molar-refractivity contribution in [3.05, 3.63) is 35.4 Å². The van der Waals surface area contributed by atoms with E-state index in [-0.39, 0.29) is 11.5 Å². The van der Waals surface area contributed by atoms with E-state index in [1.54, 1.807) is 4.90 Å². The predicted molar refractivity (Wildman–Crippen MR) is 59.7 cm³/mol. The monoisotopic (exact) mass is 240 g/mol. The van der Waals surface area contributed by atoms with Crippen molar-refractivity contribution < 1.29 is 13.6 Å². The highest BCUT2D eigenvalue weighted by Gasteiger charge is 2.18. The first-order valence-corrected chi connectivity index (χ1v) is 5.63. The lowest BCUT2D eigenvalue weighted by Crippen LogP contribution is -2.34. The van der Waals surface area contributed by atoms with E-state index in [9.17, 15) is 13.6 Å². The van der Waals surface area contributed by atoms with Crippen LogP contribution in [-0.4, -0.2) is 37.0 Å². The first-order valence-electron chi connectivity index (χ1n) is 5.63. The highest BCUT2D eigenvalue weighted by atomic mass is 19.2. The van der Waals surface area contributed by atoms with Gasteiger partial charge in [-0.25, -0.2) is 8.78 Å². The second-order valence-corrected chi connectivity index (χ2v) is 4.02. The first kappa shape index (κ1) is 12.0. The Balaban J connectivity index is 2.14. The Morgan fingerprint density at radius 3 is 2.76 bits per heavy atom. The lowest BCUT2D eigenvalue weighted by Gasteiger charge is -2.19. The third-order valence-electron chi connectivity index (χ3n) is 2.79. The molecule has 0 bridgehead atoms. The Morgan fingerprint density at radius 2 is 2.00 bits per heavy atom. The van der Waals surface area contributed by atoms with Gasteiger partial charge in [-0.15, -0.1) is 0 Å². The molecule has 1 saturated heterocycles. The number of rotatable bonds is 1. The van der Waals surface area contributed by atoms with E-state index in [1.165, 1.54) is 6.07 Å².